The molecular formula is C9H7BrN4. The molecule has 0 aromatic heterocycles. The lowest BCUT2D eigenvalue weighted by Crippen LogP contribution is -1.99. The minimum absolute atomic E-state index is 0.162. The number of nitriles is 1. The zero-order chi connectivity index (χ0) is 10.4. The van der Waals surface area contributed by atoms with Crippen molar-refractivity contribution in [1.29, 1.82) is 5.26 Å². The van der Waals surface area contributed by atoms with E-state index < -0.39 is 0 Å². The van der Waals surface area contributed by atoms with Gasteiger partial charge in [0.2, 0.25) is 0 Å². The molecule has 1 atom stereocenters. The van der Waals surface area contributed by atoms with Crippen molar-refractivity contribution in [2.24, 2.45) is 5.11 Å². The summed E-state index contributed by atoms with van der Waals surface area (Å²) in [6, 6.07) is 9.51. The number of hydrogen-bond acceptors (Lipinski definition) is 2. The number of nitrogens with zero attached hydrogens (tertiary/aromatic N) is 4. The molecule has 0 heterocycles. The summed E-state index contributed by atoms with van der Waals surface area (Å²) in [7, 11) is 0. The van der Waals surface area contributed by atoms with Crippen LogP contribution in [0.1, 0.15) is 11.5 Å². The molecule has 0 saturated heterocycles. The monoisotopic (exact) mass is 250 g/mol. The van der Waals surface area contributed by atoms with Crippen molar-refractivity contribution < 1.29 is 0 Å². The molecule has 0 amide bonds. The van der Waals surface area contributed by atoms with E-state index in [2.05, 4.69) is 32.0 Å². The average molecular weight is 251 g/mol. The van der Waals surface area contributed by atoms with Gasteiger partial charge in [-0.05, 0) is 17.2 Å². The molecule has 0 unspecified atom stereocenters. The average Bonchev–Trinajstić information content (AvgIpc) is 2.21. The van der Waals surface area contributed by atoms with Crippen LogP contribution in [0.2, 0.25) is 0 Å². The Morgan fingerprint density at radius 3 is 2.86 bits per heavy atom. The molecular weight excluding hydrogens is 244 g/mol. The number of rotatable bonds is 3. The number of hydrogen-bond donors (Lipinski definition) is 0. The molecule has 4 nitrogen and oxygen atoms in total. The van der Waals surface area contributed by atoms with Gasteiger partial charge >= 0.3 is 0 Å². The van der Waals surface area contributed by atoms with E-state index in [0.29, 0.717) is 0 Å². The second-order valence-corrected chi connectivity index (χ2v) is 3.47. The topological polar surface area (TPSA) is 72.5 Å². The second-order valence-electron chi connectivity index (χ2n) is 2.62. The van der Waals surface area contributed by atoms with E-state index in [9.17, 15) is 0 Å². The maximum atomic E-state index is 8.88. The highest BCUT2D eigenvalue weighted by molar-refractivity contribution is 9.10. The normalized spacial score (nSPS) is 11.1. The Morgan fingerprint density at radius 1 is 1.57 bits per heavy atom. The van der Waals surface area contributed by atoms with Crippen molar-refractivity contribution in [1.82, 2.24) is 0 Å². The largest absolute Gasteiger partial charge is 0.198 e. The lowest BCUT2D eigenvalue weighted by Gasteiger charge is -2.07. The molecule has 0 spiro atoms. The fourth-order valence-corrected chi connectivity index (χ4v) is 1.65. The van der Waals surface area contributed by atoms with Gasteiger partial charge in [0.05, 0.1) is 12.0 Å². The Bertz CT molecular complexity index is 404. The first kappa shape index (κ1) is 10.6. The zero-order valence-electron chi connectivity index (χ0n) is 7.26. The van der Waals surface area contributed by atoms with Gasteiger partial charge < -0.3 is 0 Å². The molecule has 70 valence electrons. The first-order chi connectivity index (χ1) is 6.79. The molecule has 1 aromatic rings. The van der Waals surface area contributed by atoms with Crippen molar-refractivity contribution >= 4 is 15.9 Å². The summed E-state index contributed by atoms with van der Waals surface area (Å²) in [5.41, 5.74) is 9.01. The maximum absolute atomic E-state index is 8.88. The summed E-state index contributed by atoms with van der Waals surface area (Å²) in [4.78, 5) is 2.64. The standard InChI is InChI=1S/C9H7BrN4/c10-9-4-2-1-3-8(9)7(5-11)6-13-14-12/h1-4,7H,6H2/t7-/m1/s1. The van der Waals surface area contributed by atoms with Crippen LogP contribution >= 0.6 is 15.9 Å². The van der Waals surface area contributed by atoms with Crippen molar-refractivity contribution in [2.45, 2.75) is 5.92 Å². The predicted molar refractivity (Wildman–Crippen MR) is 56.5 cm³/mol. The fraction of sp³-hybridized carbons (Fsp3) is 0.222. The highest BCUT2D eigenvalue weighted by atomic mass is 79.9. The zero-order valence-corrected chi connectivity index (χ0v) is 8.85. The van der Waals surface area contributed by atoms with Gasteiger partial charge in [0.1, 0.15) is 0 Å². The summed E-state index contributed by atoms with van der Waals surface area (Å²) < 4.78 is 0.861. The Kier molecular flexibility index (Phi) is 3.99. The summed E-state index contributed by atoms with van der Waals surface area (Å²) in [5.74, 6) is -0.388. The van der Waals surface area contributed by atoms with Crippen LogP contribution in [0.4, 0.5) is 0 Å². The van der Waals surface area contributed by atoms with E-state index in [-0.39, 0.29) is 12.5 Å². The predicted octanol–water partition coefficient (Wildman–Crippen LogP) is 3.37. The van der Waals surface area contributed by atoms with E-state index in [1.165, 1.54) is 0 Å². The minimum Gasteiger partial charge on any atom is -0.198 e. The molecule has 0 aliphatic rings. The van der Waals surface area contributed by atoms with E-state index in [1.54, 1.807) is 0 Å². The SMILES string of the molecule is N#C[C@H](CN=[N+]=[N-])c1ccccc1Br. The third kappa shape index (κ3) is 2.49. The van der Waals surface area contributed by atoms with Crippen LogP contribution in [0.25, 0.3) is 10.4 Å². The van der Waals surface area contributed by atoms with Gasteiger partial charge in [-0.25, -0.2) is 0 Å². The number of benzene rings is 1. The lowest BCUT2D eigenvalue weighted by molar-refractivity contribution is 0.850. The molecule has 14 heavy (non-hydrogen) atoms. The molecule has 1 aromatic carbocycles. The number of azide groups is 1. The van der Waals surface area contributed by atoms with E-state index in [4.69, 9.17) is 10.8 Å². The van der Waals surface area contributed by atoms with E-state index >= 15 is 0 Å². The fourth-order valence-electron chi connectivity index (χ4n) is 1.08. The van der Waals surface area contributed by atoms with E-state index in [1.807, 2.05) is 24.3 Å². The molecule has 0 N–H and O–H groups in total. The summed E-state index contributed by atoms with van der Waals surface area (Å²) in [6.45, 7) is 0.162. The van der Waals surface area contributed by atoms with Crippen LogP contribution in [0.15, 0.2) is 33.9 Å². The molecule has 0 bridgehead atoms. The van der Waals surface area contributed by atoms with Crippen molar-refractivity contribution in [3.05, 3.63) is 44.7 Å². The van der Waals surface area contributed by atoms with E-state index in [0.717, 1.165) is 10.0 Å². The Hall–Kier alpha value is -1.50. The Balaban J connectivity index is 2.96. The summed E-state index contributed by atoms with van der Waals surface area (Å²) in [5, 5.41) is 12.3. The highest BCUT2D eigenvalue weighted by Gasteiger charge is 2.11. The van der Waals surface area contributed by atoms with Crippen LogP contribution in [-0.2, 0) is 0 Å². The third-order valence-corrected chi connectivity index (χ3v) is 2.49. The van der Waals surface area contributed by atoms with Crippen LogP contribution < -0.4 is 0 Å². The molecule has 0 radical (unpaired) electrons. The molecule has 5 heteroatoms. The molecule has 1 rings (SSSR count). The van der Waals surface area contributed by atoms with Gasteiger partial charge in [0.25, 0.3) is 0 Å². The number of halogens is 1. The van der Waals surface area contributed by atoms with Gasteiger partial charge in [-0.2, -0.15) is 5.26 Å². The van der Waals surface area contributed by atoms with Crippen LogP contribution in [-0.4, -0.2) is 6.54 Å². The van der Waals surface area contributed by atoms with Crippen molar-refractivity contribution in [2.75, 3.05) is 6.54 Å². The first-order valence-corrected chi connectivity index (χ1v) is 4.73. The Morgan fingerprint density at radius 2 is 2.29 bits per heavy atom. The molecule has 0 fully saturated rings. The molecule has 0 aliphatic carbocycles. The van der Waals surface area contributed by atoms with Gasteiger partial charge in [0.15, 0.2) is 0 Å². The van der Waals surface area contributed by atoms with Crippen LogP contribution in [0.3, 0.4) is 0 Å². The Labute approximate surface area is 89.9 Å². The quantitative estimate of drug-likeness (QED) is 0.461. The maximum Gasteiger partial charge on any atom is 0.0779 e. The van der Waals surface area contributed by atoms with Crippen LogP contribution in [0, 0.1) is 11.3 Å². The van der Waals surface area contributed by atoms with Crippen molar-refractivity contribution in [3.8, 4) is 6.07 Å². The summed E-state index contributed by atoms with van der Waals surface area (Å²) >= 11 is 3.34. The van der Waals surface area contributed by atoms with Crippen molar-refractivity contribution in [3.63, 3.8) is 0 Å². The van der Waals surface area contributed by atoms with Gasteiger partial charge in [0, 0.05) is 15.9 Å². The third-order valence-electron chi connectivity index (χ3n) is 1.76. The molecule has 0 aliphatic heterocycles. The minimum atomic E-state index is -0.388. The van der Waals surface area contributed by atoms with Gasteiger partial charge in [-0.15, -0.1) is 0 Å². The van der Waals surface area contributed by atoms with Gasteiger partial charge in [-0.3, -0.25) is 0 Å². The summed E-state index contributed by atoms with van der Waals surface area (Å²) in [6.07, 6.45) is 0. The smallest absolute Gasteiger partial charge is 0.0779 e. The van der Waals surface area contributed by atoms with Crippen LogP contribution in [0.5, 0.6) is 0 Å². The second kappa shape index (κ2) is 5.28. The lowest BCUT2D eigenvalue weighted by atomic mass is 10.0. The highest BCUT2D eigenvalue weighted by Crippen LogP contribution is 2.24. The first-order valence-electron chi connectivity index (χ1n) is 3.94. The molecule has 0 saturated carbocycles. The van der Waals surface area contributed by atoms with Gasteiger partial charge in [-0.1, -0.05) is 39.2 Å².